The predicted molar refractivity (Wildman–Crippen MR) is 106 cm³/mol. The molecule has 0 aliphatic heterocycles. The zero-order chi connectivity index (χ0) is 20.1. The molecule has 0 unspecified atom stereocenters. The maximum Gasteiger partial charge on any atom is 0.230 e. The first kappa shape index (κ1) is 19.6. The summed E-state index contributed by atoms with van der Waals surface area (Å²) in [5, 5.41) is 5.02. The number of nitrogens with zero attached hydrogens (tertiary/aromatic N) is 1. The molecule has 0 fully saturated rings. The van der Waals surface area contributed by atoms with Crippen LogP contribution in [0, 0.1) is 5.82 Å². The summed E-state index contributed by atoms with van der Waals surface area (Å²) in [4.78, 5) is 16.7. The fraction of sp³-hybridized carbons (Fsp3) is 0.200. The van der Waals surface area contributed by atoms with Crippen LogP contribution in [0.25, 0.3) is 11.3 Å². The Kier molecular flexibility index (Phi) is 6.10. The highest BCUT2D eigenvalue weighted by molar-refractivity contribution is 7.14. The highest BCUT2D eigenvalue weighted by Crippen LogP contribution is 2.34. The van der Waals surface area contributed by atoms with Crippen LogP contribution in [0.15, 0.2) is 41.8 Å². The average Bonchev–Trinajstić information content (AvgIpc) is 3.15. The molecule has 1 heterocycles. The second-order valence-electron chi connectivity index (χ2n) is 5.80. The van der Waals surface area contributed by atoms with Gasteiger partial charge in [0, 0.05) is 17.0 Å². The third-order valence-corrected chi connectivity index (χ3v) is 4.77. The van der Waals surface area contributed by atoms with Crippen LogP contribution >= 0.6 is 11.3 Å². The Morgan fingerprint density at radius 1 is 1.07 bits per heavy atom. The molecule has 0 atom stereocenters. The number of carbonyl (C=O) groups is 1. The summed E-state index contributed by atoms with van der Waals surface area (Å²) in [6, 6.07) is 9.86. The maximum absolute atomic E-state index is 13.8. The molecule has 6 nitrogen and oxygen atoms in total. The maximum atomic E-state index is 13.8. The molecule has 28 heavy (non-hydrogen) atoms. The zero-order valence-electron chi connectivity index (χ0n) is 15.6. The fourth-order valence-electron chi connectivity index (χ4n) is 2.63. The number of nitrogens with one attached hydrogen (secondary N) is 1. The Balaban J connectivity index is 1.71. The molecule has 0 spiro atoms. The number of aromatic nitrogens is 1. The van der Waals surface area contributed by atoms with E-state index in [4.69, 9.17) is 14.2 Å². The van der Waals surface area contributed by atoms with E-state index in [-0.39, 0.29) is 18.1 Å². The molecule has 1 aromatic heterocycles. The molecule has 1 N–H and O–H groups in total. The molecule has 0 radical (unpaired) electrons. The van der Waals surface area contributed by atoms with Crippen molar-refractivity contribution in [3.05, 3.63) is 53.2 Å². The number of ether oxygens (including phenoxy) is 3. The number of benzene rings is 2. The van der Waals surface area contributed by atoms with E-state index >= 15 is 0 Å². The minimum absolute atomic E-state index is 0.0294. The van der Waals surface area contributed by atoms with Crippen molar-refractivity contribution in [2.75, 3.05) is 26.6 Å². The van der Waals surface area contributed by atoms with Crippen LogP contribution in [-0.4, -0.2) is 32.2 Å². The molecular weight excluding hydrogens is 383 g/mol. The lowest BCUT2D eigenvalue weighted by molar-refractivity contribution is -0.115. The predicted octanol–water partition coefficient (Wildman–Crippen LogP) is 4.16. The monoisotopic (exact) mass is 402 g/mol. The molecule has 0 saturated carbocycles. The molecule has 3 rings (SSSR count). The van der Waals surface area contributed by atoms with Crippen molar-refractivity contribution in [1.82, 2.24) is 4.98 Å². The van der Waals surface area contributed by atoms with E-state index in [1.54, 1.807) is 26.4 Å². The normalized spacial score (nSPS) is 10.4. The van der Waals surface area contributed by atoms with E-state index in [9.17, 15) is 9.18 Å². The minimum atomic E-state index is -0.504. The first-order valence-corrected chi connectivity index (χ1v) is 9.22. The van der Waals surface area contributed by atoms with Gasteiger partial charge >= 0.3 is 0 Å². The van der Waals surface area contributed by atoms with E-state index in [2.05, 4.69) is 10.3 Å². The van der Waals surface area contributed by atoms with Gasteiger partial charge in [0.1, 0.15) is 11.5 Å². The summed E-state index contributed by atoms with van der Waals surface area (Å²) in [6.07, 6.45) is 0.0294. The third kappa shape index (κ3) is 4.40. The van der Waals surface area contributed by atoms with Crippen LogP contribution in [0.1, 0.15) is 5.56 Å². The Hall–Kier alpha value is -3.13. The Labute approximate surface area is 165 Å². The average molecular weight is 402 g/mol. The van der Waals surface area contributed by atoms with E-state index in [0.29, 0.717) is 27.9 Å². The van der Waals surface area contributed by atoms with E-state index in [1.165, 1.54) is 30.6 Å². The molecule has 3 aromatic rings. The van der Waals surface area contributed by atoms with E-state index < -0.39 is 5.82 Å². The number of thiazole rings is 1. The van der Waals surface area contributed by atoms with Crippen LogP contribution in [0.4, 0.5) is 9.52 Å². The number of hydrogen-bond donors (Lipinski definition) is 1. The van der Waals surface area contributed by atoms with E-state index in [1.807, 2.05) is 17.5 Å². The lowest BCUT2D eigenvalue weighted by Gasteiger charge is -2.08. The first-order valence-electron chi connectivity index (χ1n) is 8.34. The van der Waals surface area contributed by atoms with Crippen LogP contribution in [-0.2, 0) is 11.2 Å². The smallest absolute Gasteiger partial charge is 0.230 e. The number of amides is 1. The molecule has 146 valence electrons. The summed E-state index contributed by atoms with van der Waals surface area (Å²) in [5.74, 6) is 0.651. The van der Waals surface area contributed by atoms with Gasteiger partial charge in [0.05, 0.1) is 33.4 Å². The highest BCUT2D eigenvalue weighted by atomic mass is 32.1. The Bertz CT molecular complexity index is 990. The van der Waals surface area contributed by atoms with Gasteiger partial charge in [0.25, 0.3) is 0 Å². The number of anilines is 1. The van der Waals surface area contributed by atoms with Gasteiger partial charge in [-0.3, -0.25) is 4.79 Å². The highest BCUT2D eigenvalue weighted by Gasteiger charge is 2.13. The van der Waals surface area contributed by atoms with Crippen molar-refractivity contribution in [1.29, 1.82) is 0 Å². The standard InChI is InChI=1S/C20H19FN2O4S/c1-25-13-5-6-14(18(10-13)27-3)16-11-28-20(22-16)23-19(24)9-12-4-7-17(26-2)15(21)8-12/h4-8,10-11H,9H2,1-3H3,(H,22,23,24). The van der Waals surface area contributed by atoms with Gasteiger partial charge in [-0.1, -0.05) is 6.07 Å². The van der Waals surface area contributed by atoms with Crippen molar-refractivity contribution < 1.29 is 23.4 Å². The quantitative estimate of drug-likeness (QED) is 0.643. The molecule has 8 heteroatoms. The van der Waals surface area contributed by atoms with Crippen LogP contribution in [0.2, 0.25) is 0 Å². The zero-order valence-corrected chi connectivity index (χ0v) is 16.4. The van der Waals surface area contributed by atoms with Gasteiger partial charge in [0.15, 0.2) is 16.7 Å². The topological polar surface area (TPSA) is 69.7 Å². The van der Waals surface area contributed by atoms with Crippen molar-refractivity contribution in [3.63, 3.8) is 0 Å². The molecule has 0 aliphatic rings. The summed E-state index contributed by atoms with van der Waals surface area (Å²) in [5.41, 5.74) is 2.01. The lowest BCUT2D eigenvalue weighted by atomic mass is 10.1. The minimum Gasteiger partial charge on any atom is -0.497 e. The number of hydrogen-bond acceptors (Lipinski definition) is 6. The van der Waals surface area contributed by atoms with Crippen LogP contribution < -0.4 is 19.5 Å². The fourth-order valence-corrected chi connectivity index (χ4v) is 3.36. The first-order chi connectivity index (χ1) is 13.5. The molecule has 1 amide bonds. The van der Waals surface area contributed by atoms with Crippen molar-refractivity contribution in [2.24, 2.45) is 0 Å². The number of halogens is 1. The Morgan fingerprint density at radius 3 is 2.54 bits per heavy atom. The summed E-state index contributed by atoms with van der Waals surface area (Å²) < 4.78 is 29.2. The third-order valence-electron chi connectivity index (χ3n) is 4.02. The van der Waals surface area contributed by atoms with Crippen molar-refractivity contribution in [2.45, 2.75) is 6.42 Å². The van der Waals surface area contributed by atoms with E-state index in [0.717, 1.165) is 5.56 Å². The van der Waals surface area contributed by atoms with Gasteiger partial charge < -0.3 is 19.5 Å². The number of carbonyl (C=O) groups excluding carboxylic acids is 1. The Morgan fingerprint density at radius 2 is 1.86 bits per heavy atom. The number of rotatable bonds is 7. The van der Waals surface area contributed by atoms with Gasteiger partial charge in [-0.2, -0.15) is 0 Å². The van der Waals surface area contributed by atoms with Crippen molar-refractivity contribution in [3.8, 4) is 28.5 Å². The second-order valence-corrected chi connectivity index (χ2v) is 6.66. The van der Waals surface area contributed by atoms with Crippen LogP contribution in [0.5, 0.6) is 17.2 Å². The largest absolute Gasteiger partial charge is 0.497 e. The van der Waals surface area contributed by atoms with Gasteiger partial charge in [-0.05, 0) is 29.8 Å². The van der Waals surface area contributed by atoms with Gasteiger partial charge in [0.2, 0.25) is 5.91 Å². The molecule has 0 saturated heterocycles. The second kappa shape index (κ2) is 8.71. The molecule has 0 bridgehead atoms. The summed E-state index contributed by atoms with van der Waals surface area (Å²) in [6.45, 7) is 0. The number of methoxy groups -OCH3 is 3. The molecule has 2 aromatic carbocycles. The van der Waals surface area contributed by atoms with Gasteiger partial charge in [-0.15, -0.1) is 11.3 Å². The lowest BCUT2D eigenvalue weighted by Crippen LogP contribution is -2.14. The van der Waals surface area contributed by atoms with Crippen LogP contribution in [0.3, 0.4) is 0 Å². The summed E-state index contributed by atoms with van der Waals surface area (Å²) in [7, 11) is 4.55. The van der Waals surface area contributed by atoms with Crippen molar-refractivity contribution >= 4 is 22.4 Å². The molecule has 0 aliphatic carbocycles. The SMILES string of the molecule is COc1ccc(-c2csc(NC(=O)Cc3ccc(OC)c(F)c3)n2)c(OC)c1. The summed E-state index contributed by atoms with van der Waals surface area (Å²) >= 11 is 1.30. The van der Waals surface area contributed by atoms with Gasteiger partial charge in [-0.25, -0.2) is 9.37 Å². The molecular formula is C20H19FN2O4S.